The number of anilines is 1. The van der Waals surface area contributed by atoms with Crippen LogP contribution in [0.4, 0.5) is 5.13 Å². The molecule has 0 radical (unpaired) electrons. The molecule has 2 aromatic carbocycles. The number of aromatic nitrogens is 1. The van der Waals surface area contributed by atoms with Crippen LogP contribution < -0.4 is 19.1 Å². The number of aryl methyl sites for hydroxylation is 1. The van der Waals surface area contributed by atoms with Gasteiger partial charge in [-0.25, -0.2) is 4.98 Å². The van der Waals surface area contributed by atoms with Crippen LogP contribution in [0.3, 0.4) is 0 Å². The van der Waals surface area contributed by atoms with Gasteiger partial charge in [0.15, 0.2) is 22.4 Å². The summed E-state index contributed by atoms with van der Waals surface area (Å²) in [6.07, 6.45) is 0.863. The van der Waals surface area contributed by atoms with Crippen LogP contribution in [0.1, 0.15) is 33.8 Å². The van der Waals surface area contributed by atoms with Gasteiger partial charge in [0, 0.05) is 0 Å². The van der Waals surface area contributed by atoms with E-state index < -0.39 is 23.5 Å². The molecule has 1 amide bonds. The zero-order valence-corrected chi connectivity index (χ0v) is 22.2. The molecular weight excluding hydrogens is 512 g/mol. The van der Waals surface area contributed by atoms with Gasteiger partial charge in [-0.2, -0.15) is 0 Å². The Labute approximate surface area is 221 Å². The minimum atomic E-state index is -0.970. The Bertz CT molecular complexity index is 1510. The standard InChI is InChI=1S/C27H24N2O6S2/c1-5-14-8-9-16-20(11-14)37-27(28-16)29-22(15-12-17(33-2)25(35-4)18(13-15)34-3)21(24(31)26(29)32)23(30)19-7-6-10-36-19/h6-13,22,31H,5H2,1-4H3/t22-/m0/s1. The number of hydrogen-bond donors (Lipinski definition) is 1. The van der Waals surface area contributed by atoms with Crippen LogP contribution in [0.5, 0.6) is 17.2 Å². The van der Waals surface area contributed by atoms with Crippen LogP contribution in [0.15, 0.2) is 59.2 Å². The summed E-state index contributed by atoms with van der Waals surface area (Å²) in [5.74, 6) is -0.655. The molecule has 0 unspecified atom stereocenters. The van der Waals surface area contributed by atoms with Crippen LogP contribution in [0.2, 0.25) is 0 Å². The molecule has 37 heavy (non-hydrogen) atoms. The molecular formula is C27H24N2O6S2. The summed E-state index contributed by atoms with van der Waals surface area (Å²) in [5, 5.41) is 13.2. The van der Waals surface area contributed by atoms with Crippen LogP contribution >= 0.6 is 22.7 Å². The van der Waals surface area contributed by atoms with E-state index in [4.69, 9.17) is 19.2 Å². The Balaban J connectivity index is 1.73. The predicted octanol–water partition coefficient (Wildman–Crippen LogP) is 5.73. The van der Waals surface area contributed by atoms with Gasteiger partial charge in [-0.15, -0.1) is 11.3 Å². The van der Waals surface area contributed by atoms with Crippen molar-refractivity contribution < 1.29 is 28.9 Å². The van der Waals surface area contributed by atoms with E-state index in [2.05, 4.69) is 6.92 Å². The van der Waals surface area contributed by atoms with Crippen molar-refractivity contribution in [1.82, 2.24) is 4.98 Å². The topological polar surface area (TPSA) is 98.2 Å². The SMILES string of the molecule is CCc1ccc2nc(N3C(=O)C(O)=C(C(=O)c4cccs4)[C@@H]3c3cc(OC)c(OC)c(OC)c3)sc2c1. The minimum Gasteiger partial charge on any atom is -0.503 e. The van der Waals surface area contributed by atoms with E-state index in [1.54, 1.807) is 29.6 Å². The summed E-state index contributed by atoms with van der Waals surface area (Å²) in [7, 11) is 4.47. The lowest BCUT2D eigenvalue weighted by Crippen LogP contribution is -2.31. The fraction of sp³-hybridized carbons (Fsp3) is 0.222. The number of hydrogen-bond acceptors (Lipinski definition) is 9. The third-order valence-electron chi connectivity index (χ3n) is 6.26. The lowest BCUT2D eigenvalue weighted by Gasteiger charge is -2.25. The summed E-state index contributed by atoms with van der Waals surface area (Å²) in [6.45, 7) is 2.07. The second-order valence-electron chi connectivity index (χ2n) is 8.26. The summed E-state index contributed by atoms with van der Waals surface area (Å²) in [4.78, 5) is 33.6. The number of ketones is 1. The van der Waals surface area contributed by atoms with Gasteiger partial charge in [0.05, 0.1) is 48.0 Å². The summed E-state index contributed by atoms with van der Waals surface area (Å²) in [5.41, 5.74) is 2.34. The monoisotopic (exact) mass is 536 g/mol. The molecule has 3 heterocycles. The molecule has 1 aliphatic heterocycles. The van der Waals surface area contributed by atoms with Gasteiger partial charge in [-0.3, -0.25) is 14.5 Å². The van der Waals surface area contributed by atoms with E-state index in [9.17, 15) is 14.7 Å². The van der Waals surface area contributed by atoms with Crippen molar-refractivity contribution in [3.8, 4) is 17.2 Å². The third kappa shape index (κ3) is 4.11. The molecule has 8 nitrogen and oxygen atoms in total. The van der Waals surface area contributed by atoms with Gasteiger partial charge in [0.2, 0.25) is 11.5 Å². The van der Waals surface area contributed by atoms with Gasteiger partial charge >= 0.3 is 0 Å². The number of carbonyl (C=O) groups is 2. The number of amides is 1. The normalized spacial score (nSPS) is 15.5. The number of thiophene rings is 1. The van der Waals surface area contributed by atoms with Crippen LogP contribution in [-0.2, 0) is 11.2 Å². The largest absolute Gasteiger partial charge is 0.503 e. The number of ether oxygens (including phenoxy) is 3. The highest BCUT2D eigenvalue weighted by Crippen LogP contribution is 2.48. The van der Waals surface area contributed by atoms with Gasteiger partial charge in [0.1, 0.15) is 0 Å². The highest BCUT2D eigenvalue weighted by atomic mass is 32.1. The predicted molar refractivity (Wildman–Crippen MR) is 144 cm³/mol. The minimum absolute atomic E-state index is 0.0322. The Morgan fingerprint density at radius 2 is 1.81 bits per heavy atom. The lowest BCUT2D eigenvalue weighted by molar-refractivity contribution is -0.117. The van der Waals surface area contributed by atoms with Gasteiger partial charge < -0.3 is 19.3 Å². The molecule has 0 aliphatic carbocycles. The molecule has 10 heteroatoms. The van der Waals surface area contributed by atoms with Crippen LogP contribution in [-0.4, -0.2) is 43.1 Å². The van der Waals surface area contributed by atoms with Gasteiger partial charge in [-0.1, -0.05) is 30.4 Å². The number of thiazole rings is 1. The van der Waals surface area contributed by atoms with E-state index in [1.807, 2.05) is 18.2 Å². The van der Waals surface area contributed by atoms with E-state index >= 15 is 0 Å². The first-order valence-corrected chi connectivity index (χ1v) is 13.2. The number of nitrogens with zero attached hydrogens (tertiary/aromatic N) is 2. The van der Waals surface area contributed by atoms with Gasteiger partial charge in [-0.05, 0) is 53.3 Å². The second-order valence-corrected chi connectivity index (χ2v) is 10.2. The highest BCUT2D eigenvalue weighted by Gasteiger charge is 2.46. The van der Waals surface area contributed by atoms with Crippen LogP contribution in [0.25, 0.3) is 10.2 Å². The maximum atomic E-state index is 13.6. The fourth-order valence-electron chi connectivity index (χ4n) is 4.43. The molecule has 0 saturated heterocycles. The van der Waals surface area contributed by atoms with E-state index in [1.165, 1.54) is 48.9 Å². The van der Waals surface area contributed by atoms with Crippen molar-refractivity contribution in [2.75, 3.05) is 26.2 Å². The van der Waals surface area contributed by atoms with Crippen molar-refractivity contribution in [2.45, 2.75) is 19.4 Å². The van der Waals surface area contributed by atoms with Crippen molar-refractivity contribution >= 4 is 49.7 Å². The molecule has 0 spiro atoms. The Morgan fingerprint density at radius 3 is 2.41 bits per heavy atom. The first-order valence-electron chi connectivity index (χ1n) is 11.5. The first-order chi connectivity index (χ1) is 17.9. The number of aliphatic hydroxyl groups excluding tert-OH is 1. The zero-order valence-electron chi connectivity index (χ0n) is 20.6. The fourth-order valence-corrected chi connectivity index (χ4v) is 6.16. The van der Waals surface area contributed by atoms with Crippen molar-refractivity contribution in [3.63, 3.8) is 0 Å². The second kappa shape index (κ2) is 9.87. The van der Waals surface area contributed by atoms with Crippen molar-refractivity contribution in [1.29, 1.82) is 0 Å². The molecule has 4 aromatic rings. The van der Waals surface area contributed by atoms with E-state index in [0.717, 1.165) is 22.2 Å². The molecule has 2 aromatic heterocycles. The van der Waals surface area contributed by atoms with E-state index in [-0.39, 0.29) is 5.57 Å². The first kappa shape index (κ1) is 24.8. The maximum absolute atomic E-state index is 13.6. The quantitative estimate of drug-likeness (QED) is 0.287. The maximum Gasteiger partial charge on any atom is 0.296 e. The number of benzene rings is 2. The number of aliphatic hydroxyl groups is 1. The lowest BCUT2D eigenvalue weighted by atomic mass is 9.95. The van der Waals surface area contributed by atoms with Gasteiger partial charge in [0.25, 0.3) is 5.91 Å². The molecule has 0 saturated carbocycles. The molecule has 1 atom stereocenters. The molecule has 0 fully saturated rings. The van der Waals surface area contributed by atoms with Crippen LogP contribution in [0, 0.1) is 0 Å². The number of Topliss-reactive ketones (excluding diaryl/α,β-unsaturated/α-hetero) is 1. The number of fused-ring (bicyclic) bond motifs is 1. The molecule has 5 rings (SSSR count). The summed E-state index contributed by atoms with van der Waals surface area (Å²) < 4.78 is 17.4. The zero-order chi connectivity index (χ0) is 26.3. The number of carbonyl (C=O) groups excluding carboxylic acids is 2. The average Bonchev–Trinajstić information content (AvgIpc) is 3.65. The van der Waals surface area contributed by atoms with Crippen molar-refractivity contribution in [3.05, 3.63) is 75.2 Å². The number of rotatable bonds is 8. The highest BCUT2D eigenvalue weighted by molar-refractivity contribution is 7.22. The number of methoxy groups -OCH3 is 3. The Hall–Kier alpha value is -3.89. The van der Waals surface area contributed by atoms with E-state index in [0.29, 0.717) is 32.8 Å². The molecule has 190 valence electrons. The summed E-state index contributed by atoms with van der Waals surface area (Å²) in [6, 6.07) is 11.7. The Morgan fingerprint density at radius 1 is 1.08 bits per heavy atom. The smallest absolute Gasteiger partial charge is 0.296 e. The average molecular weight is 537 g/mol. The van der Waals surface area contributed by atoms with Crippen molar-refractivity contribution in [2.24, 2.45) is 0 Å². The third-order valence-corrected chi connectivity index (χ3v) is 8.14. The molecule has 1 N–H and O–H groups in total. The molecule has 0 bridgehead atoms. The Kier molecular flexibility index (Phi) is 6.61. The molecule has 1 aliphatic rings. The summed E-state index contributed by atoms with van der Waals surface area (Å²) >= 11 is 2.57.